The van der Waals surface area contributed by atoms with Crippen molar-refractivity contribution in [1.82, 2.24) is 10.9 Å². The Balaban J connectivity index is 1.31. The van der Waals surface area contributed by atoms with Crippen molar-refractivity contribution in [3.8, 4) is 0 Å². The molecule has 0 bridgehead atoms. The monoisotopic (exact) mass is 398 g/mol. The van der Waals surface area contributed by atoms with Gasteiger partial charge < -0.3 is 15.1 Å². The molecule has 2 aromatic rings. The van der Waals surface area contributed by atoms with E-state index in [2.05, 4.69) is 45.3 Å². The Kier molecular flexibility index (Phi) is 7.22. The van der Waals surface area contributed by atoms with Crippen LogP contribution in [0, 0.1) is 6.92 Å². The maximum absolute atomic E-state index is 12.1. The summed E-state index contributed by atoms with van der Waals surface area (Å²) in [6.45, 7) is 6.98. The van der Waals surface area contributed by atoms with Crippen LogP contribution in [-0.4, -0.2) is 43.7 Å². The summed E-state index contributed by atoms with van der Waals surface area (Å²) in [6.07, 6.45) is 0.473. The van der Waals surface area contributed by atoms with Crippen LogP contribution in [0.3, 0.4) is 0 Å². The van der Waals surface area contributed by atoms with Gasteiger partial charge in [0.15, 0.2) is 5.11 Å². The molecule has 1 amide bonds. The smallest absolute Gasteiger partial charge is 0.244 e. The molecular formula is C21H28N5OS+. The average molecular weight is 399 g/mol. The number of carbonyl (C=O) groups is 1. The fraction of sp³-hybridized carbons (Fsp3) is 0.333. The molecule has 1 aliphatic heterocycles. The third-order valence-corrected chi connectivity index (χ3v) is 5.13. The number of hydrazine groups is 1. The minimum atomic E-state index is -0.0500. The van der Waals surface area contributed by atoms with E-state index in [-0.39, 0.29) is 5.91 Å². The summed E-state index contributed by atoms with van der Waals surface area (Å²) >= 11 is 5.21. The van der Waals surface area contributed by atoms with E-state index in [4.69, 9.17) is 12.2 Å². The van der Waals surface area contributed by atoms with Crippen LogP contribution in [0.1, 0.15) is 12.0 Å². The summed E-state index contributed by atoms with van der Waals surface area (Å²) in [5.41, 5.74) is 8.79. The van der Waals surface area contributed by atoms with Gasteiger partial charge >= 0.3 is 0 Å². The largest absolute Gasteiger partial charge is 0.360 e. The van der Waals surface area contributed by atoms with Gasteiger partial charge in [-0.25, -0.2) is 0 Å². The van der Waals surface area contributed by atoms with E-state index in [1.807, 2.05) is 37.3 Å². The summed E-state index contributed by atoms with van der Waals surface area (Å²) in [5, 5.41) is 3.42. The lowest BCUT2D eigenvalue weighted by atomic mass is 10.2. The zero-order valence-electron chi connectivity index (χ0n) is 16.2. The normalized spacial score (nSPS) is 14.4. The number of quaternary nitrogens is 1. The topological polar surface area (TPSA) is 60.8 Å². The fourth-order valence-corrected chi connectivity index (χ4v) is 3.42. The highest BCUT2D eigenvalue weighted by Crippen LogP contribution is 2.12. The lowest BCUT2D eigenvalue weighted by molar-refractivity contribution is -0.900. The molecule has 2 aromatic carbocycles. The van der Waals surface area contributed by atoms with E-state index in [0.29, 0.717) is 11.5 Å². The molecule has 1 saturated heterocycles. The molecule has 0 aromatic heterocycles. The van der Waals surface area contributed by atoms with Gasteiger partial charge in [0.1, 0.15) is 0 Å². The Morgan fingerprint density at radius 3 is 2.39 bits per heavy atom. The molecule has 1 heterocycles. The Morgan fingerprint density at radius 1 is 1.04 bits per heavy atom. The van der Waals surface area contributed by atoms with Gasteiger partial charge in [-0.05, 0) is 43.4 Å². The van der Waals surface area contributed by atoms with Gasteiger partial charge in [0.05, 0.1) is 39.1 Å². The predicted octanol–water partition coefficient (Wildman–Crippen LogP) is 1.11. The van der Waals surface area contributed by atoms with Crippen LogP contribution in [0.4, 0.5) is 11.4 Å². The highest BCUT2D eigenvalue weighted by molar-refractivity contribution is 7.80. The van der Waals surface area contributed by atoms with E-state index in [0.717, 1.165) is 38.4 Å². The molecular weight excluding hydrogens is 370 g/mol. The van der Waals surface area contributed by atoms with Crippen LogP contribution in [0.5, 0.6) is 0 Å². The maximum atomic E-state index is 12.1. The minimum Gasteiger partial charge on any atom is -0.360 e. The lowest BCUT2D eigenvalue weighted by Gasteiger charge is -2.33. The SMILES string of the molecule is Cc1ccc(NC(=S)NNC(=O)CC[NH+]2CCN(c3ccccc3)CC2)cc1. The summed E-state index contributed by atoms with van der Waals surface area (Å²) in [5.74, 6) is -0.0500. The van der Waals surface area contributed by atoms with E-state index >= 15 is 0 Å². The van der Waals surface area contributed by atoms with Gasteiger partial charge in [-0.2, -0.15) is 0 Å². The first-order valence-electron chi connectivity index (χ1n) is 9.66. The van der Waals surface area contributed by atoms with Gasteiger partial charge in [-0.3, -0.25) is 15.6 Å². The number of benzene rings is 2. The third-order valence-electron chi connectivity index (χ3n) is 4.92. The van der Waals surface area contributed by atoms with Gasteiger partial charge in [0.25, 0.3) is 0 Å². The molecule has 1 aliphatic rings. The highest BCUT2D eigenvalue weighted by Gasteiger charge is 2.20. The number of carbonyl (C=O) groups excluding carboxylic acids is 1. The molecule has 0 aliphatic carbocycles. The molecule has 4 N–H and O–H groups in total. The van der Waals surface area contributed by atoms with Gasteiger partial charge in [-0.1, -0.05) is 35.9 Å². The predicted molar refractivity (Wildman–Crippen MR) is 118 cm³/mol. The number of rotatable bonds is 5. The average Bonchev–Trinajstić information content (AvgIpc) is 2.73. The standard InChI is InChI=1S/C21H27N5OS/c1-17-7-9-18(10-8-17)22-21(28)24-23-20(27)11-12-25-13-15-26(16-14-25)19-5-3-2-4-6-19/h2-10H,11-16H2,1H3,(H,23,27)(H2,22,24,28)/p+1. The maximum Gasteiger partial charge on any atom is 0.244 e. The van der Waals surface area contributed by atoms with E-state index in [1.54, 1.807) is 0 Å². The Morgan fingerprint density at radius 2 is 1.71 bits per heavy atom. The quantitative estimate of drug-likeness (QED) is 0.449. The molecule has 0 atom stereocenters. The molecule has 3 rings (SSSR count). The Hall–Kier alpha value is -2.64. The van der Waals surface area contributed by atoms with Crippen molar-refractivity contribution in [2.75, 3.05) is 42.9 Å². The van der Waals surface area contributed by atoms with Crippen molar-refractivity contribution in [2.24, 2.45) is 0 Å². The number of hydrogen-bond donors (Lipinski definition) is 4. The second-order valence-electron chi connectivity index (χ2n) is 7.07. The zero-order chi connectivity index (χ0) is 19.8. The first-order chi connectivity index (χ1) is 13.6. The first kappa shape index (κ1) is 20.1. The number of para-hydroxylation sites is 1. The molecule has 148 valence electrons. The van der Waals surface area contributed by atoms with Crippen molar-refractivity contribution in [3.63, 3.8) is 0 Å². The lowest BCUT2D eigenvalue weighted by Crippen LogP contribution is -3.15. The number of nitrogens with one attached hydrogen (secondary N) is 4. The summed E-state index contributed by atoms with van der Waals surface area (Å²) in [4.78, 5) is 16.0. The number of aryl methyl sites for hydroxylation is 1. The van der Waals surface area contributed by atoms with E-state index < -0.39 is 0 Å². The fourth-order valence-electron chi connectivity index (χ4n) is 3.25. The van der Waals surface area contributed by atoms with Crippen LogP contribution in [-0.2, 0) is 4.79 Å². The molecule has 0 unspecified atom stereocenters. The van der Waals surface area contributed by atoms with Crippen molar-refractivity contribution >= 4 is 34.6 Å². The number of hydrogen-bond acceptors (Lipinski definition) is 3. The molecule has 7 heteroatoms. The summed E-state index contributed by atoms with van der Waals surface area (Å²) in [6, 6.07) is 18.4. The summed E-state index contributed by atoms with van der Waals surface area (Å²) < 4.78 is 0. The van der Waals surface area contributed by atoms with Crippen molar-refractivity contribution in [2.45, 2.75) is 13.3 Å². The van der Waals surface area contributed by atoms with E-state index in [1.165, 1.54) is 16.2 Å². The molecule has 0 saturated carbocycles. The Labute approximate surface area is 171 Å². The van der Waals surface area contributed by atoms with Crippen LogP contribution >= 0.6 is 12.2 Å². The second kappa shape index (κ2) is 10.1. The zero-order valence-corrected chi connectivity index (χ0v) is 17.0. The van der Waals surface area contributed by atoms with Crippen LogP contribution < -0.4 is 26.0 Å². The van der Waals surface area contributed by atoms with Crippen LogP contribution in [0.25, 0.3) is 0 Å². The highest BCUT2D eigenvalue weighted by atomic mass is 32.1. The first-order valence-corrected chi connectivity index (χ1v) is 10.1. The number of piperazine rings is 1. The summed E-state index contributed by atoms with van der Waals surface area (Å²) in [7, 11) is 0. The van der Waals surface area contributed by atoms with E-state index in [9.17, 15) is 4.79 Å². The Bertz CT molecular complexity index is 773. The molecule has 1 fully saturated rings. The number of nitrogens with zero attached hydrogens (tertiary/aromatic N) is 1. The van der Waals surface area contributed by atoms with Gasteiger partial charge in [-0.15, -0.1) is 0 Å². The van der Waals surface area contributed by atoms with Crippen LogP contribution in [0.15, 0.2) is 54.6 Å². The van der Waals surface area contributed by atoms with Crippen LogP contribution in [0.2, 0.25) is 0 Å². The van der Waals surface area contributed by atoms with Gasteiger partial charge in [0.2, 0.25) is 5.91 Å². The van der Waals surface area contributed by atoms with Crippen molar-refractivity contribution in [1.29, 1.82) is 0 Å². The van der Waals surface area contributed by atoms with Crippen molar-refractivity contribution < 1.29 is 9.69 Å². The molecule has 0 spiro atoms. The number of amides is 1. The van der Waals surface area contributed by atoms with Gasteiger partial charge in [0, 0.05) is 11.4 Å². The number of anilines is 2. The molecule has 6 nitrogen and oxygen atoms in total. The third kappa shape index (κ3) is 6.21. The second-order valence-corrected chi connectivity index (χ2v) is 7.47. The van der Waals surface area contributed by atoms with Crippen molar-refractivity contribution in [3.05, 3.63) is 60.2 Å². The molecule has 28 heavy (non-hydrogen) atoms. The number of thiocarbonyl (C=S) groups is 1. The minimum absolute atomic E-state index is 0.0500. The molecule has 0 radical (unpaired) electrons.